The molecule has 0 bridgehead atoms. The Morgan fingerprint density at radius 2 is 2.31 bits per heavy atom. The molecule has 1 aliphatic carbocycles. The number of hydrogen-bond donors (Lipinski definition) is 0. The summed E-state index contributed by atoms with van der Waals surface area (Å²) in [6.07, 6.45) is 5.71. The SMILES string of the molecule is Clc1cccc2c1O[C@@H]1CC=C[C@H]21. The lowest BCUT2D eigenvalue weighted by molar-refractivity contribution is 0.232. The molecule has 0 saturated heterocycles. The molecule has 1 nitrogen and oxygen atoms in total. The number of rotatable bonds is 0. The third-order valence-electron chi connectivity index (χ3n) is 2.74. The van der Waals surface area contributed by atoms with Crippen LogP contribution in [0.2, 0.25) is 5.02 Å². The summed E-state index contributed by atoms with van der Waals surface area (Å²) in [5.74, 6) is 1.33. The molecule has 2 aliphatic rings. The Labute approximate surface area is 82.0 Å². The van der Waals surface area contributed by atoms with Gasteiger partial charge in [-0.2, -0.15) is 0 Å². The van der Waals surface area contributed by atoms with Gasteiger partial charge in [-0.1, -0.05) is 35.9 Å². The van der Waals surface area contributed by atoms with E-state index in [1.54, 1.807) is 0 Å². The minimum absolute atomic E-state index is 0.301. The van der Waals surface area contributed by atoms with Crippen molar-refractivity contribution in [1.29, 1.82) is 0 Å². The fourth-order valence-corrected chi connectivity index (χ4v) is 2.35. The first kappa shape index (κ1) is 7.45. The van der Waals surface area contributed by atoms with E-state index in [1.165, 1.54) is 5.56 Å². The predicted molar refractivity (Wildman–Crippen MR) is 52.4 cm³/mol. The third-order valence-corrected chi connectivity index (χ3v) is 3.04. The van der Waals surface area contributed by atoms with Gasteiger partial charge in [0.2, 0.25) is 0 Å². The van der Waals surface area contributed by atoms with Gasteiger partial charge < -0.3 is 4.74 Å². The number of halogens is 1. The van der Waals surface area contributed by atoms with Crippen molar-refractivity contribution < 1.29 is 4.74 Å². The van der Waals surface area contributed by atoms with Crippen LogP contribution in [0.4, 0.5) is 0 Å². The van der Waals surface area contributed by atoms with Crippen molar-refractivity contribution in [3.8, 4) is 5.75 Å². The van der Waals surface area contributed by atoms with Crippen LogP contribution in [0.25, 0.3) is 0 Å². The minimum atomic E-state index is 0.301. The molecule has 0 aromatic heterocycles. The first-order valence-electron chi connectivity index (χ1n) is 4.48. The molecule has 1 aromatic rings. The van der Waals surface area contributed by atoms with Gasteiger partial charge in [-0.15, -0.1) is 0 Å². The highest BCUT2D eigenvalue weighted by Gasteiger charge is 2.35. The second kappa shape index (κ2) is 2.52. The molecule has 0 amide bonds. The lowest BCUT2D eigenvalue weighted by Gasteiger charge is -2.07. The Kier molecular flexibility index (Phi) is 1.44. The molecule has 1 heterocycles. The van der Waals surface area contributed by atoms with E-state index < -0.39 is 0 Å². The Bertz CT molecular complexity index is 384. The van der Waals surface area contributed by atoms with Crippen LogP contribution in [0.5, 0.6) is 5.75 Å². The van der Waals surface area contributed by atoms with Crippen molar-refractivity contribution in [3.63, 3.8) is 0 Å². The summed E-state index contributed by atoms with van der Waals surface area (Å²) in [6.45, 7) is 0. The van der Waals surface area contributed by atoms with Gasteiger partial charge in [0.25, 0.3) is 0 Å². The Morgan fingerprint density at radius 3 is 3.23 bits per heavy atom. The van der Waals surface area contributed by atoms with E-state index in [4.69, 9.17) is 16.3 Å². The molecule has 0 spiro atoms. The van der Waals surface area contributed by atoms with Crippen molar-refractivity contribution in [2.45, 2.75) is 18.4 Å². The van der Waals surface area contributed by atoms with Gasteiger partial charge in [0, 0.05) is 17.9 Å². The average molecular weight is 193 g/mol. The molecular weight excluding hydrogens is 184 g/mol. The van der Waals surface area contributed by atoms with Gasteiger partial charge in [0.1, 0.15) is 11.9 Å². The van der Waals surface area contributed by atoms with Crippen LogP contribution in [0.3, 0.4) is 0 Å². The number of hydrogen-bond acceptors (Lipinski definition) is 1. The maximum atomic E-state index is 6.03. The zero-order valence-corrected chi connectivity index (χ0v) is 7.79. The number of ether oxygens (including phenoxy) is 1. The van der Waals surface area contributed by atoms with Crippen LogP contribution in [0.15, 0.2) is 30.4 Å². The largest absolute Gasteiger partial charge is 0.487 e. The molecule has 1 aromatic carbocycles. The highest BCUT2D eigenvalue weighted by molar-refractivity contribution is 6.32. The maximum Gasteiger partial charge on any atom is 0.142 e. The lowest BCUT2D eigenvalue weighted by atomic mass is 9.99. The van der Waals surface area contributed by atoms with E-state index in [9.17, 15) is 0 Å². The molecule has 66 valence electrons. The topological polar surface area (TPSA) is 9.23 Å². The van der Waals surface area contributed by atoms with E-state index >= 15 is 0 Å². The monoisotopic (exact) mass is 192 g/mol. The van der Waals surface area contributed by atoms with Gasteiger partial charge in [-0.05, 0) is 6.07 Å². The van der Waals surface area contributed by atoms with Gasteiger partial charge >= 0.3 is 0 Å². The Hall–Kier alpha value is -0.950. The van der Waals surface area contributed by atoms with E-state index in [0.29, 0.717) is 12.0 Å². The molecule has 0 N–H and O–H groups in total. The van der Waals surface area contributed by atoms with Gasteiger partial charge in [0.05, 0.1) is 5.02 Å². The molecule has 0 radical (unpaired) electrons. The molecule has 1 aliphatic heterocycles. The molecular formula is C11H9ClO. The second-order valence-corrected chi connectivity index (χ2v) is 3.91. The highest BCUT2D eigenvalue weighted by atomic mass is 35.5. The first-order valence-corrected chi connectivity index (χ1v) is 4.86. The highest BCUT2D eigenvalue weighted by Crippen LogP contribution is 2.46. The summed E-state index contributed by atoms with van der Waals surface area (Å²) in [5, 5.41) is 0.736. The normalized spacial score (nSPS) is 28.4. The summed E-state index contributed by atoms with van der Waals surface area (Å²) in [5.41, 5.74) is 1.24. The van der Waals surface area contributed by atoms with Crippen LogP contribution in [-0.4, -0.2) is 6.10 Å². The van der Waals surface area contributed by atoms with Gasteiger partial charge in [-0.3, -0.25) is 0 Å². The van der Waals surface area contributed by atoms with Crippen LogP contribution < -0.4 is 4.74 Å². The predicted octanol–water partition coefficient (Wildman–Crippen LogP) is 3.14. The maximum absolute atomic E-state index is 6.03. The smallest absolute Gasteiger partial charge is 0.142 e. The summed E-state index contributed by atoms with van der Waals surface area (Å²) in [7, 11) is 0. The average Bonchev–Trinajstić information content (AvgIpc) is 2.65. The van der Waals surface area contributed by atoms with Crippen molar-refractivity contribution in [2.75, 3.05) is 0 Å². The molecule has 0 unspecified atom stereocenters. The second-order valence-electron chi connectivity index (χ2n) is 3.50. The summed E-state index contributed by atoms with van der Waals surface area (Å²) >= 11 is 6.03. The van der Waals surface area contributed by atoms with E-state index in [2.05, 4.69) is 18.2 Å². The van der Waals surface area contributed by atoms with Crippen LogP contribution >= 0.6 is 11.6 Å². The summed E-state index contributed by atoms with van der Waals surface area (Å²) < 4.78 is 5.77. The van der Waals surface area contributed by atoms with Crippen molar-refractivity contribution in [2.24, 2.45) is 0 Å². The van der Waals surface area contributed by atoms with E-state index in [0.717, 1.165) is 17.2 Å². The zero-order valence-electron chi connectivity index (χ0n) is 7.03. The van der Waals surface area contributed by atoms with Gasteiger partial charge in [0.15, 0.2) is 0 Å². The van der Waals surface area contributed by atoms with E-state index in [1.807, 2.05) is 12.1 Å². The minimum Gasteiger partial charge on any atom is -0.487 e. The fourth-order valence-electron chi connectivity index (χ4n) is 2.12. The van der Waals surface area contributed by atoms with Crippen molar-refractivity contribution in [3.05, 3.63) is 40.9 Å². The quantitative estimate of drug-likeness (QED) is 0.574. The standard InChI is InChI=1S/C11H9ClO/c12-9-5-1-4-8-7-3-2-6-10(7)13-11(8)9/h1-5,7,10H,6H2/t7-,10-/m1/s1. The molecule has 0 fully saturated rings. The molecule has 13 heavy (non-hydrogen) atoms. The lowest BCUT2D eigenvalue weighted by Crippen LogP contribution is -2.11. The van der Waals surface area contributed by atoms with Crippen molar-refractivity contribution >= 4 is 11.6 Å². The van der Waals surface area contributed by atoms with Crippen molar-refractivity contribution in [1.82, 2.24) is 0 Å². The number of para-hydroxylation sites is 1. The Balaban J connectivity index is 2.17. The van der Waals surface area contributed by atoms with Gasteiger partial charge in [-0.25, -0.2) is 0 Å². The molecule has 2 atom stereocenters. The fraction of sp³-hybridized carbons (Fsp3) is 0.273. The van der Waals surface area contributed by atoms with Crippen LogP contribution in [0, 0.1) is 0 Å². The number of benzene rings is 1. The molecule has 0 saturated carbocycles. The summed E-state index contributed by atoms with van der Waals surface area (Å²) in [4.78, 5) is 0. The van der Waals surface area contributed by atoms with Crippen LogP contribution in [-0.2, 0) is 0 Å². The molecule has 3 rings (SSSR count). The summed E-state index contributed by atoms with van der Waals surface area (Å²) in [6, 6.07) is 5.96. The number of fused-ring (bicyclic) bond motifs is 3. The third kappa shape index (κ3) is 0.939. The van der Waals surface area contributed by atoms with E-state index in [-0.39, 0.29) is 0 Å². The zero-order chi connectivity index (χ0) is 8.84. The molecule has 2 heteroatoms. The Morgan fingerprint density at radius 1 is 1.38 bits per heavy atom. The van der Waals surface area contributed by atoms with Crippen LogP contribution in [0.1, 0.15) is 17.9 Å². The first-order chi connectivity index (χ1) is 6.36.